The third-order valence-corrected chi connectivity index (χ3v) is 6.34. The van der Waals surface area contributed by atoms with Crippen molar-refractivity contribution >= 4 is 37.6 Å². The lowest BCUT2D eigenvalue weighted by molar-refractivity contribution is 0.227. The minimum atomic E-state index is -3.14. The van der Waals surface area contributed by atoms with Gasteiger partial charge in [-0.25, -0.2) is 22.5 Å². The van der Waals surface area contributed by atoms with Gasteiger partial charge in [0.2, 0.25) is 10.0 Å². The Morgan fingerprint density at radius 2 is 2.04 bits per heavy atom. The van der Waals surface area contributed by atoms with Crippen LogP contribution in [0.25, 0.3) is 10.2 Å². The van der Waals surface area contributed by atoms with E-state index in [0.717, 1.165) is 15.2 Å². The van der Waals surface area contributed by atoms with Gasteiger partial charge in [0.25, 0.3) is 0 Å². The van der Waals surface area contributed by atoms with Crippen LogP contribution in [0.5, 0.6) is 0 Å². The van der Waals surface area contributed by atoms with Crippen molar-refractivity contribution in [2.24, 2.45) is 0 Å². The number of thiazole rings is 1. The zero-order valence-electron chi connectivity index (χ0n) is 13.4. The summed E-state index contributed by atoms with van der Waals surface area (Å²) in [7, 11) is -3.14. The average Bonchev–Trinajstić information content (AvgIpc) is 2.95. The van der Waals surface area contributed by atoms with Gasteiger partial charge in [0.05, 0.1) is 23.0 Å². The lowest BCUT2D eigenvalue weighted by Gasteiger charge is -2.30. The summed E-state index contributed by atoms with van der Waals surface area (Å²) < 4.78 is 25.5. The zero-order valence-corrected chi connectivity index (χ0v) is 15.0. The maximum atomic E-state index is 12.0. The third-order valence-electron chi connectivity index (χ3n) is 4.00. The number of piperidine rings is 1. The zero-order chi connectivity index (χ0) is 17.2. The van der Waals surface area contributed by atoms with E-state index in [1.165, 1.54) is 10.6 Å². The molecule has 0 aliphatic carbocycles. The number of hydrogen-bond acceptors (Lipinski definition) is 5. The van der Waals surface area contributed by atoms with E-state index in [1.807, 2.05) is 24.3 Å². The highest BCUT2D eigenvalue weighted by Crippen LogP contribution is 2.21. The van der Waals surface area contributed by atoms with Crippen molar-refractivity contribution in [3.05, 3.63) is 29.3 Å². The predicted molar refractivity (Wildman–Crippen MR) is 94.4 cm³/mol. The molecule has 0 unspecified atom stereocenters. The molecule has 2 N–H and O–H groups in total. The maximum absolute atomic E-state index is 12.0. The Morgan fingerprint density at radius 1 is 1.33 bits per heavy atom. The van der Waals surface area contributed by atoms with Crippen molar-refractivity contribution in [2.75, 3.05) is 19.3 Å². The molecule has 0 spiro atoms. The minimum Gasteiger partial charge on any atom is -0.335 e. The molecule has 1 aliphatic heterocycles. The number of benzene rings is 1. The van der Waals surface area contributed by atoms with Crippen LogP contribution in [0.3, 0.4) is 0 Å². The van der Waals surface area contributed by atoms with E-state index >= 15 is 0 Å². The highest BCUT2D eigenvalue weighted by Gasteiger charge is 2.25. The number of para-hydroxylation sites is 1. The highest BCUT2D eigenvalue weighted by atomic mass is 32.2. The molecular formula is C15H20N4O3S2. The molecule has 1 aromatic carbocycles. The Balaban J connectivity index is 1.46. The molecule has 0 saturated carbocycles. The van der Waals surface area contributed by atoms with E-state index in [-0.39, 0.29) is 12.1 Å². The molecule has 2 amide bonds. The maximum Gasteiger partial charge on any atom is 0.315 e. The van der Waals surface area contributed by atoms with Gasteiger partial charge in [0, 0.05) is 19.1 Å². The van der Waals surface area contributed by atoms with E-state index in [9.17, 15) is 13.2 Å². The SMILES string of the molecule is CS(=O)(=O)N1CCC(NC(=O)NCc2nc3ccccc3s2)CC1. The van der Waals surface area contributed by atoms with E-state index < -0.39 is 10.0 Å². The first-order valence-corrected chi connectivity index (χ1v) is 10.4. The van der Waals surface area contributed by atoms with Crippen LogP contribution >= 0.6 is 11.3 Å². The Bertz CT molecular complexity index is 793. The first-order valence-electron chi connectivity index (χ1n) is 7.76. The molecule has 1 aromatic heterocycles. The number of hydrogen-bond donors (Lipinski definition) is 2. The Morgan fingerprint density at radius 3 is 2.71 bits per heavy atom. The molecule has 3 rings (SSSR count). The van der Waals surface area contributed by atoms with Crippen molar-refractivity contribution in [3.63, 3.8) is 0 Å². The number of carbonyl (C=O) groups excluding carboxylic acids is 1. The van der Waals surface area contributed by atoms with Crippen molar-refractivity contribution in [2.45, 2.75) is 25.4 Å². The van der Waals surface area contributed by atoms with Gasteiger partial charge in [-0.15, -0.1) is 11.3 Å². The fraction of sp³-hybridized carbons (Fsp3) is 0.467. The number of nitrogens with one attached hydrogen (secondary N) is 2. The molecule has 9 heteroatoms. The summed E-state index contributed by atoms with van der Waals surface area (Å²) >= 11 is 1.56. The quantitative estimate of drug-likeness (QED) is 0.856. The molecule has 24 heavy (non-hydrogen) atoms. The van der Waals surface area contributed by atoms with Crippen molar-refractivity contribution in [1.29, 1.82) is 0 Å². The van der Waals surface area contributed by atoms with Crippen LogP contribution in [0.1, 0.15) is 17.8 Å². The highest BCUT2D eigenvalue weighted by molar-refractivity contribution is 7.88. The fourth-order valence-corrected chi connectivity index (χ4v) is 4.50. The number of fused-ring (bicyclic) bond motifs is 1. The number of rotatable bonds is 4. The Labute approximate surface area is 145 Å². The lowest BCUT2D eigenvalue weighted by Crippen LogP contribution is -2.48. The van der Waals surface area contributed by atoms with Gasteiger partial charge in [0.15, 0.2) is 0 Å². The van der Waals surface area contributed by atoms with Crippen molar-refractivity contribution < 1.29 is 13.2 Å². The van der Waals surface area contributed by atoms with Crippen LogP contribution in [0, 0.1) is 0 Å². The fourth-order valence-electron chi connectivity index (χ4n) is 2.72. The Kier molecular flexibility index (Phi) is 5.02. The van der Waals surface area contributed by atoms with Crippen molar-refractivity contribution in [1.82, 2.24) is 19.9 Å². The summed E-state index contributed by atoms with van der Waals surface area (Å²) in [4.78, 5) is 16.5. The summed E-state index contributed by atoms with van der Waals surface area (Å²) in [5, 5.41) is 6.57. The van der Waals surface area contributed by atoms with E-state index in [1.54, 1.807) is 11.3 Å². The van der Waals surface area contributed by atoms with Crippen LogP contribution in [0.2, 0.25) is 0 Å². The molecule has 2 heterocycles. The third kappa shape index (κ3) is 4.22. The lowest BCUT2D eigenvalue weighted by atomic mass is 10.1. The molecule has 2 aromatic rings. The number of amides is 2. The number of nitrogens with zero attached hydrogens (tertiary/aromatic N) is 2. The first kappa shape index (κ1) is 17.1. The summed E-state index contributed by atoms with van der Waals surface area (Å²) in [6.07, 6.45) is 2.47. The summed E-state index contributed by atoms with van der Waals surface area (Å²) in [5.41, 5.74) is 0.938. The van der Waals surface area contributed by atoms with Crippen LogP contribution in [-0.2, 0) is 16.6 Å². The second-order valence-corrected chi connectivity index (χ2v) is 8.94. The molecule has 1 aliphatic rings. The molecule has 0 bridgehead atoms. The van der Waals surface area contributed by atoms with E-state index in [4.69, 9.17) is 0 Å². The summed E-state index contributed by atoms with van der Waals surface area (Å²) in [6.45, 7) is 1.27. The first-order chi connectivity index (χ1) is 11.4. The molecule has 1 saturated heterocycles. The summed E-state index contributed by atoms with van der Waals surface area (Å²) in [6, 6.07) is 7.62. The predicted octanol–water partition coefficient (Wildman–Crippen LogP) is 1.52. The van der Waals surface area contributed by atoms with Gasteiger partial charge in [-0.05, 0) is 25.0 Å². The second kappa shape index (κ2) is 7.04. The van der Waals surface area contributed by atoms with Crippen LogP contribution in [0.15, 0.2) is 24.3 Å². The van der Waals surface area contributed by atoms with E-state index in [2.05, 4.69) is 15.6 Å². The monoisotopic (exact) mass is 368 g/mol. The standard InChI is InChI=1S/C15H20N4O3S2/c1-24(21,22)19-8-6-11(7-9-19)17-15(20)16-10-14-18-12-4-2-3-5-13(12)23-14/h2-5,11H,6-10H2,1H3,(H2,16,17,20). The average molecular weight is 368 g/mol. The smallest absolute Gasteiger partial charge is 0.315 e. The van der Waals surface area contributed by atoms with Gasteiger partial charge in [-0.3, -0.25) is 0 Å². The van der Waals surface area contributed by atoms with Gasteiger partial charge in [-0.1, -0.05) is 12.1 Å². The molecular weight excluding hydrogens is 348 g/mol. The minimum absolute atomic E-state index is 0.00151. The molecule has 0 radical (unpaired) electrons. The number of sulfonamides is 1. The van der Waals surface area contributed by atoms with Gasteiger partial charge < -0.3 is 10.6 Å². The normalized spacial score (nSPS) is 17.0. The summed E-state index contributed by atoms with van der Waals surface area (Å²) in [5.74, 6) is 0. The van der Waals surface area contributed by atoms with Gasteiger partial charge in [0.1, 0.15) is 5.01 Å². The topological polar surface area (TPSA) is 91.4 Å². The molecule has 7 nitrogen and oxygen atoms in total. The number of carbonyl (C=O) groups is 1. The number of aromatic nitrogens is 1. The largest absolute Gasteiger partial charge is 0.335 e. The molecule has 130 valence electrons. The van der Waals surface area contributed by atoms with E-state index in [0.29, 0.717) is 32.5 Å². The van der Waals surface area contributed by atoms with Crippen molar-refractivity contribution in [3.8, 4) is 0 Å². The molecule has 1 fully saturated rings. The van der Waals surface area contributed by atoms with Crippen LogP contribution in [0.4, 0.5) is 4.79 Å². The van der Waals surface area contributed by atoms with Gasteiger partial charge in [-0.2, -0.15) is 0 Å². The molecule has 0 atom stereocenters. The van der Waals surface area contributed by atoms with Gasteiger partial charge >= 0.3 is 6.03 Å². The second-order valence-electron chi connectivity index (χ2n) is 5.84. The van der Waals surface area contributed by atoms with Crippen LogP contribution in [-0.4, -0.2) is 49.1 Å². The Hall–Kier alpha value is -1.71. The number of urea groups is 1. The van der Waals surface area contributed by atoms with Crippen LogP contribution < -0.4 is 10.6 Å².